The number of benzene rings is 1. The first-order valence-electron chi connectivity index (χ1n) is 5.55. The largest absolute Gasteiger partial charge is 0.416 e. The van der Waals surface area contributed by atoms with Crippen LogP contribution < -0.4 is 5.73 Å². The van der Waals surface area contributed by atoms with Crippen LogP contribution in [0.4, 0.5) is 26.3 Å². The Hall–Kier alpha value is -1.24. The van der Waals surface area contributed by atoms with Gasteiger partial charge in [-0.1, -0.05) is 0 Å². The Bertz CT molecular complexity index is 485. The number of alkyl halides is 5. The van der Waals surface area contributed by atoms with Crippen molar-refractivity contribution in [2.24, 2.45) is 5.73 Å². The van der Waals surface area contributed by atoms with Gasteiger partial charge in [-0.25, -0.2) is 13.2 Å². The molecule has 7 heteroatoms. The molecule has 1 nitrogen and oxygen atoms in total. The van der Waals surface area contributed by atoms with E-state index in [2.05, 4.69) is 0 Å². The normalized spacial score (nSPS) is 21.0. The van der Waals surface area contributed by atoms with E-state index in [-0.39, 0.29) is 12.1 Å². The Morgan fingerprint density at radius 2 is 1.74 bits per heavy atom. The van der Waals surface area contributed by atoms with E-state index in [0.717, 1.165) is 0 Å². The maximum atomic E-state index is 13.6. The topological polar surface area (TPSA) is 26.0 Å². The second-order valence-corrected chi connectivity index (χ2v) is 4.89. The summed E-state index contributed by atoms with van der Waals surface area (Å²) in [5.74, 6) is -3.94. The highest BCUT2D eigenvalue weighted by molar-refractivity contribution is 5.36. The third-order valence-corrected chi connectivity index (χ3v) is 3.45. The van der Waals surface area contributed by atoms with Crippen molar-refractivity contribution in [2.45, 2.75) is 30.4 Å². The number of nitrogens with two attached hydrogens (primary N) is 1. The summed E-state index contributed by atoms with van der Waals surface area (Å²) in [5.41, 5.74) is 2.52. The second kappa shape index (κ2) is 4.13. The zero-order valence-electron chi connectivity index (χ0n) is 9.70. The van der Waals surface area contributed by atoms with E-state index in [1.807, 2.05) is 0 Å². The summed E-state index contributed by atoms with van der Waals surface area (Å²) >= 11 is 0. The number of hydrogen-bond acceptors (Lipinski definition) is 1. The number of halogens is 6. The lowest BCUT2D eigenvalue weighted by Gasteiger charge is -2.47. The van der Waals surface area contributed by atoms with Crippen LogP contribution in [0, 0.1) is 5.82 Å². The minimum atomic E-state index is -4.65. The van der Waals surface area contributed by atoms with Crippen LogP contribution in [-0.2, 0) is 11.6 Å². The van der Waals surface area contributed by atoms with E-state index in [9.17, 15) is 26.3 Å². The molecular formula is C12H11F6N. The molecule has 1 aliphatic rings. The van der Waals surface area contributed by atoms with Gasteiger partial charge in [0.25, 0.3) is 0 Å². The van der Waals surface area contributed by atoms with Crippen molar-refractivity contribution in [2.75, 3.05) is 6.54 Å². The predicted molar refractivity (Wildman–Crippen MR) is 56.3 cm³/mol. The molecule has 1 saturated carbocycles. The van der Waals surface area contributed by atoms with Gasteiger partial charge in [-0.3, -0.25) is 0 Å². The molecule has 0 atom stereocenters. The van der Waals surface area contributed by atoms with Gasteiger partial charge in [0, 0.05) is 24.8 Å². The molecule has 0 amide bonds. The van der Waals surface area contributed by atoms with Crippen molar-refractivity contribution in [3.63, 3.8) is 0 Å². The van der Waals surface area contributed by atoms with Gasteiger partial charge < -0.3 is 5.73 Å². The molecule has 19 heavy (non-hydrogen) atoms. The standard InChI is InChI=1S/C12H11F6N/c13-9-2-1-7(12(16,17)18)3-8(9)10(6-19)4-11(14,15)5-10/h1-3H,4-6,19H2. The van der Waals surface area contributed by atoms with Gasteiger partial charge in [0.05, 0.1) is 5.56 Å². The van der Waals surface area contributed by atoms with E-state index in [1.165, 1.54) is 0 Å². The predicted octanol–water partition coefficient (Wildman–Crippen LogP) is 3.47. The molecule has 0 aromatic heterocycles. The van der Waals surface area contributed by atoms with Gasteiger partial charge in [0.1, 0.15) is 5.82 Å². The average molecular weight is 283 g/mol. The van der Waals surface area contributed by atoms with E-state index in [4.69, 9.17) is 5.73 Å². The zero-order valence-corrected chi connectivity index (χ0v) is 9.70. The Balaban J connectivity index is 2.44. The van der Waals surface area contributed by atoms with E-state index in [1.54, 1.807) is 0 Å². The Morgan fingerprint density at radius 1 is 1.16 bits per heavy atom. The molecule has 0 unspecified atom stereocenters. The molecule has 2 N–H and O–H groups in total. The van der Waals surface area contributed by atoms with Crippen LogP contribution in [0.1, 0.15) is 24.0 Å². The van der Waals surface area contributed by atoms with Gasteiger partial charge in [-0.05, 0) is 23.8 Å². The van der Waals surface area contributed by atoms with Crippen molar-refractivity contribution < 1.29 is 26.3 Å². The second-order valence-electron chi connectivity index (χ2n) is 4.89. The summed E-state index contributed by atoms with van der Waals surface area (Å²) in [7, 11) is 0. The minimum Gasteiger partial charge on any atom is -0.330 e. The lowest BCUT2D eigenvalue weighted by Crippen LogP contribution is -2.54. The van der Waals surface area contributed by atoms with Crippen molar-refractivity contribution in [1.82, 2.24) is 0 Å². The minimum absolute atomic E-state index is 0.319. The highest BCUT2D eigenvalue weighted by atomic mass is 19.4. The van der Waals surface area contributed by atoms with Gasteiger partial charge in [-0.15, -0.1) is 0 Å². The highest BCUT2D eigenvalue weighted by Gasteiger charge is 2.57. The third kappa shape index (κ3) is 2.43. The summed E-state index contributed by atoms with van der Waals surface area (Å²) in [5, 5.41) is 0. The molecule has 1 aromatic rings. The summed E-state index contributed by atoms with van der Waals surface area (Å²) in [6.07, 6.45) is -6.10. The fourth-order valence-corrected chi connectivity index (χ4v) is 2.49. The molecule has 0 aliphatic heterocycles. The van der Waals surface area contributed by atoms with Crippen LogP contribution in [0.3, 0.4) is 0 Å². The van der Waals surface area contributed by atoms with E-state index < -0.39 is 41.7 Å². The van der Waals surface area contributed by atoms with Gasteiger partial charge in [-0.2, -0.15) is 13.2 Å². The smallest absolute Gasteiger partial charge is 0.330 e. The first-order chi connectivity index (χ1) is 8.60. The molecule has 1 fully saturated rings. The van der Waals surface area contributed by atoms with Gasteiger partial charge >= 0.3 is 6.18 Å². The monoisotopic (exact) mass is 283 g/mol. The first-order valence-corrected chi connectivity index (χ1v) is 5.55. The maximum Gasteiger partial charge on any atom is 0.416 e. The van der Waals surface area contributed by atoms with Crippen LogP contribution in [0.25, 0.3) is 0 Å². The Kier molecular flexibility index (Phi) is 3.08. The van der Waals surface area contributed by atoms with E-state index in [0.29, 0.717) is 18.2 Å². The van der Waals surface area contributed by atoms with Crippen molar-refractivity contribution in [3.8, 4) is 0 Å². The Morgan fingerprint density at radius 3 is 2.16 bits per heavy atom. The highest BCUT2D eigenvalue weighted by Crippen LogP contribution is 2.53. The zero-order chi connectivity index (χ0) is 14.5. The Labute approximate surface area is 105 Å². The van der Waals surface area contributed by atoms with Crippen LogP contribution in [0.5, 0.6) is 0 Å². The molecule has 0 radical (unpaired) electrons. The summed E-state index contributed by atoms with van der Waals surface area (Å²) in [4.78, 5) is 0. The lowest BCUT2D eigenvalue weighted by atomic mass is 9.62. The van der Waals surface area contributed by atoms with Crippen LogP contribution in [0.15, 0.2) is 18.2 Å². The summed E-state index contributed by atoms with van der Waals surface area (Å²) in [6, 6.07) is 1.81. The molecule has 1 aromatic carbocycles. The molecule has 1 aliphatic carbocycles. The first kappa shape index (κ1) is 14.2. The fourth-order valence-electron chi connectivity index (χ4n) is 2.49. The van der Waals surface area contributed by atoms with Crippen LogP contribution in [-0.4, -0.2) is 12.5 Å². The maximum absolute atomic E-state index is 13.6. The summed E-state index contributed by atoms with van der Waals surface area (Å²) < 4.78 is 77.3. The third-order valence-electron chi connectivity index (χ3n) is 3.45. The summed E-state index contributed by atoms with van der Waals surface area (Å²) in [6.45, 7) is -0.319. The number of rotatable bonds is 2. The number of hydrogen-bond donors (Lipinski definition) is 1. The van der Waals surface area contributed by atoms with Crippen LogP contribution >= 0.6 is 0 Å². The van der Waals surface area contributed by atoms with Crippen molar-refractivity contribution >= 4 is 0 Å². The fraction of sp³-hybridized carbons (Fsp3) is 0.500. The molecule has 0 heterocycles. The molecule has 106 valence electrons. The SMILES string of the molecule is NCC1(c2cc(C(F)(F)F)ccc2F)CC(F)(F)C1. The average Bonchev–Trinajstić information content (AvgIpc) is 2.24. The molecule has 0 bridgehead atoms. The van der Waals surface area contributed by atoms with Crippen LogP contribution in [0.2, 0.25) is 0 Å². The van der Waals surface area contributed by atoms with Crippen molar-refractivity contribution in [1.29, 1.82) is 0 Å². The molecule has 0 saturated heterocycles. The quantitative estimate of drug-likeness (QED) is 0.826. The molecular weight excluding hydrogens is 272 g/mol. The van der Waals surface area contributed by atoms with Gasteiger partial charge in [0.15, 0.2) is 0 Å². The lowest BCUT2D eigenvalue weighted by molar-refractivity contribution is -0.138. The molecule has 2 rings (SSSR count). The molecule has 0 spiro atoms. The van der Waals surface area contributed by atoms with Gasteiger partial charge in [0.2, 0.25) is 5.92 Å². The van der Waals surface area contributed by atoms with E-state index >= 15 is 0 Å². The van der Waals surface area contributed by atoms with Crippen molar-refractivity contribution in [3.05, 3.63) is 35.1 Å².